The van der Waals surface area contributed by atoms with E-state index >= 15 is 0 Å². The molecule has 0 aliphatic heterocycles. The Labute approximate surface area is 112 Å². The predicted octanol–water partition coefficient (Wildman–Crippen LogP) is 3.12. The van der Waals surface area contributed by atoms with E-state index in [-0.39, 0.29) is 0 Å². The van der Waals surface area contributed by atoms with E-state index in [2.05, 4.69) is 63.0 Å². The van der Waals surface area contributed by atoms with Gasteiger partial charge in [0.1, 0.15) is 0 Å². The summed E-state index contributed by atoms with van der Waals surface area (Å²) in [4.78, 5) is 2.46. The quantitative estimate of drug-likeness (QED) is 0.797. The zero-order valence-corrected chi connectivity index (χ0v) is 12.6. The van der Waals surface area contributed by atoms with Crippen molar-refractivity contribution in [1.29, 1.82) is 0 Å². The molecule has 1 atom stereocenters. The summed E-state index contributed by atoms with van der Waals surface area (Å²) in [5.74, 6) is 0. The van der Waals surface area contributed by atoms with Crippen LogP contribution in [-0.4, -0.2) is 30.6 Å². The number of nitrogens with one attached hydrogen (secondary N) is 1. The summed E-state index contributed by atoms with van der Waals surface area (Å²) in [6, 6.07) is 7.25. The predicted molar refractivity (Wildman–Crippen MR) is 80.0 cm³/mol. The van der Waals surface area contributed by atoms with Crippen molar-refractivity contribution < 1.29 is 0 Å². The van der Waals surface area contributed by atoms with Gasteiger partial charge in [0.2, 0.25) is 0 Å². The summed E-state index contributed by atoms with van der Waals surface area (Å²) in [5, 5.41) is 3.60. The topological polar surface area (TPSA) is 15.3 Å². The van der Waals surface area contributed by atoms with E-state index in [4.69, 9.17) is 0 Å². The van der Waals surface area contributed by atoms with Gasteiger partial charge in [-0.15, -0.1) is 0 Å². The van der Waals surface area contributed by atoms with Crippen molar-refractivity contribution in [2.75, 3.05) is 19.6 Å². The maximum atomic E-state index is 3.60. The molecule has 1 rings (SSSR count). The van der Waals surface area contributed by atoms with Crippen LogP contribution in [0.2, 0.25) is 0 Å². The Kier molecular flexibility index (Phi) is 6.37. The molecule has 18 heavy (non-hydrogen) atoms. The summed E-state index contributed by atoms with van der Waals surface area (Å²) in [7, 11) is 0. The van der Waals surface area contributed by atoms with Crippen LogP contribution in [0.15, 0.2) is 18.2 Å². The Bertz CT molecular complexity index is 356. The molecule has 0 aromatic heterocycles. The van der Waals surface area contributed by atoms with Crippen molar-refractivity contribution in [1.82, 2.24) is 10.2 Å². The average molecular weight is 248 g/mol. The summed E-state index contributed by atoms with van der Waals surface area (Å²) in [6.07, 6.45) is 0. The normalized spacial score (nSPS) is 13.0. The van der Waals surface area contributed by atoms with E-state index in [0.717, 1.165) is 26.2 Å². The lowest BCUT2D eigenvalue weighted by atomic mass is 10.1. The molecule has 2 nitrogen and oxygen atoms in total. The molecule has 0 amide bonds. The van der Waals surface area contributed by atoms with Crippen LogP contribution >= 0.6 is 0 Å². The molecule has 0 fully saturated rings. The maximum Gasteiger partial charge on any atom is 0.0208 e. The van der Waals surface area contributed by atoms with Crippen molar-refractivity contribution >= 4 is 0 Å². The average Bonchev–Trinajstić information content (AvgIpc) is 2.37. The molecule has 0 saturated heterocycles. The largest absolute Gasteiger partial charge is 0.309 e. The van der Waals surface area contributed by atoms with Crippen LogP contribution in [0.3, 0.4) is 0 Å². The van der Waals surface area contributed by atoms with E-state index in [1.165, 1.54) is 16.7 Å². The lowest BCUT2D eigenvalue weighted by molar-refractivity contribution is 0.270. The smallest absolute Gasteiger partial charge is 0.0208 e. The maximum absolute atomic E-state index is 3.60. The van der Waals surface area contributed by atoms with E-state index in [0.29, 0.717) is 6.04 Å². The first-order valence-electron chi connectivity index (χ1n) is 7.08. The first-order chi connectivity index (χ1) is 8.56. The lowest BCUT2D eigenvalue weighted by Gasteiger charge is -2.23. The Morgan fingerprint density at radius 1 is 1.11 bits per heavy atom. The van der Waals surface area contributed by atoms with E-state index in [9.17, 15) is 0 Å². The summed E-state index contributed by atoms with van der Waals surface area (Å²) in [5.41, 5.74) is 4.13. The minimum absolute atomic E-state index is 0.534. The second-order valence-corrected chi connectivity index (χ2v) is 5.19. The van der Waals surface area contributed by atoms with Crippen molar-refractivity contribution in [3.05, 3.63) is 34.9 Å². The highest BCUT2D eigenvalue weighted by molar-refractivity contribution is 5.29. The van der Waals surface area contributed by atoms with Crippen LogP contribution in [0, 0.1) is 13.8 Å². The van der Waals surface area contributed by atoms with Crippen molar-refractivity contribution in [3.63, 3.8) is 0 Å². The standard InChI is InChI=1S/C16H28N2/c1-6-18(7-2)12-15(5)17-11-16-9-8-13(3)14(4)10-16/h8-10,15,17H,6-7,11-12H2,1-5H3. The van der Waals surface area contributed by atoms with Crippen LogP contribution < -0.4 is 5.32 Å². The first kappa shape index (κ1) is 15.2. The van der Waals surface area contributed by atoms with Crippen molar-refractivity contribution in [3.8, 4) is 0 Å². The molecule has 0 bridgehead atoms. The molecular weight excluding hydrogens is 220 g/mol. The molecule has 1 aromatic carbocycles. The van der Waals surface area contributed by atoms with Crippen LogP contribution in [0.4, 0.5) is 0 Å². The van der Waals surface area contributed by atoms with Gasteiger partial charge in [0.05, 0.1) is 0 Å². The van der Waals surface area contributed by atoms with Gasteiger partial charge in [-0.05, 0) is 50.6 Å². The molecule has 0 heterocycles. The second kappa shape index (κ2) is 7.55. The van der Waals surface area contributed by atoms with Gasteiger partial charge < -0.3 is 10.2 Å². The van der Waals surface area contributed by atoms with E-state index < -0.39 is 0 Å². The summed E-state index contributed by atoms with van der Waals surface area (Å²) < 4.78 is 0. The third-order valence-corrected chi connectivity index (χ3v) is 3.65. The van der Waals surface area contributed by atoms with Gasteiger partial charge in [-0.3, -0.25) is 0 Å². The number of likely N-dealkylation sites (N-methyl/N-ethyl adjacent to an activating group) is 1. The number of benzene rings is 1. The highest BCUT2D eigenvalue weighted by Crippen LogP contribution is 2.09. The first-order valence-corrected chi connectivity index (χ1v) is 7.08. The molecule has 2 heteroatoms. The minimum Gasteiger partial charge on any atom is -0.309 e. The Hall–Kier alpha value is -0.860. The summed E-state index contributed by atoms with van der Waals surface area (Å²) >= 11 is 0. The molecule has 0 saturated carbocycles. The zero-order valence-electron chi connectivity index (χ0n) is 12.6. The van der Waals surface area contributed by atoms with Crippen LogP contribution in [-0.2, 0) is 6.54 Å². The molecule has 1 N–H and O–H groups in total. The molecule has 0 radical (unpaired) electrons. The van der Waals surface area contributed by atoms with E-state index in [1.54, 1.807) is 0 Å². The molecule has 1 aromatic rings. The lowest BCUT2D eigenvalue weighted by Crippen LogP contribution is -2.38. The fourth-order valence-corrected chi connectivity index (χ4v) is 2.14. The van der Waals surface area contributed by atoms with E-state index in [1.807, 2.05) is 0 Å². The van der Waals surface area contributed by atoms with Crippen LogP contribution in [0.5, 0.6) is 0 Å². The van der Waals surface area contributed by atoms with Gasteiger partial charge in [-0.2, -0.15) is 0 Å². The molecule has 0 spiro atoms. The van der Waals surface area contributed by atoms with Gasteiger partial charge in [0, 0.05) is 19.1 Å². The van der Waals surface area contributed by atoms with Crippen LogP contribution in [0.1, 0.15) is 37.5 Å². The SMILES string of the molecule is CCN(CC)CC(C)NCc1ccc(C)c(C)c1. The molecular formula is C16H28N2. The fourth-order valence-electron chi connectivity index (χ4n) is 2.14. The third-order valence-electron chi connectivity index (χ3n) is 3.65. The Morgan fingerprint density at radius 3 is 2.33 bits per heavy atom. The van der Waals surface area contributed by atoms with Crippen molar-refractivity contribution in [2.45, 2.75) is 47.2 Å². The highest BCUT2D eigenvalue weighted by atomic mass is 15.1. The Morgan fingerprint density at radius 2 is 1.78 bits per heavy atom. The van der Waals surface area contributed by atoms with Crippen LogP contribution in [0.25, 0.3) is 0 Å². The molecule has 0 aliphatic rings. The highest BCUT2D eigenvalue weighted by Gasteiger charge is 2.06. The zero-order chi connectivity index (χ0) is 13.5. The van der Waals surface area contributed by atoms with Gasteiger partial charge in [0.25, 0.3) is 0 Å². The molecule has 0 aliphatic carbocycles. The van der Waals surface area contributed by atoms with Gasteiger partial charge in [-0.1, -0.05) is 32.0 Å². The van der Waals surface area contributed by atoms with Gasteiger partial charge >= 0.3 is 0 Å². The number of hydrogen-bond acceptors (Lipinski definition) is 2. The molecule has 1 unspecified atom stereocenters. The number of rotatable bonds is 7. The third kappa shape index (κ3) is 4.79. The number of hydrogen-bond donors (Lipinski definition) is 1. The Balaban J connectivity index is 2.42. The fraction of sp³-hybridized carbons (Fsp3) is 0.625. The van der Waals surface area contributed by atoms with Gasteiger partial charge in [-0.25, -0.2) is 0 Å². The minimum atomic E-state index is 0.534. The second-order valence-electron chi connectivity index (χ2n) is 5.19. The molecule has 102 valence electrons. The summed E-state index contributed by atoms with van der Waals surface area (Å²) in [6.45, 7) is 15.4. The van der Waals surface area contributed by atoms with Crippen molar-refractivity contribution in [2.24, 2.45) is 0 Å². The van der Waals surface area contributed by atoms with Gasteiger partial charge in [0.15, 0.2) is 0 Å². The number of aryl methyl sites for hydroxylation is 2. The number of nitrogens with zero attached hydrogens (tertiary/aromatic N) is 1. The monoisotopic (exact) mass is 248 g/mol.